The lowest BCUT2D eigenvalue weighted by atomic mass is 10.1. The molecule has 1 aromatic carbocycles. The van der Waals surface area contributed by atoms with E-state index in [0.29, 0.717) is 28.5 Å². The Labute approximate surface area is 96.4 Å². The van der Waals surface area contributed by atoms with Gasteiger partial charge in [0.05, 0.1) is 18.2 Å². The van der Waals surface area contributed by atoms with Crippen LogP contribution in [0.25, 0.3) is 10.9 Å². The SMILES string of the molecule is COc1cc2nc(Cl)c(C=O)cc2cc1O. The Morgan fingerprint density at radius 1 is 1.44 bits per heavy atom. The highest BCUT2D eigenvalue weighted by atomic mass is 35.5. The number of fused-ring (bicyclic) bond motifs is 1. The van der Waals surface area contributed by atoms with Crippen molar-refractivity contribution in [2.75, 3.05) is 7.11 Å². The number of hydrogen-bond donors (Lipinski definition) is 1. The predicted molar refractivity (Wildman–Crippen MR) is 60.4 cm³/mol. The summed E-state index contributed by atoms with van der Waals surface area (Å²) in [6, 6.07) is 4.60. The zero-order valence-corrected chi connectivity index (χ0v) is 9.15. The molecule has 0 aliphatic heterocycles. The van der Waals surface area contributed by atoms with Gasteiger partial charge in [-0.2, -0.15) is 0 Å². The largest absolute Gasteiger partial charge is 0.504 e. The number of aromatic nitrogens is 1. The normalized spacial score (nSPS) is 10.4. The zero-order chi connectivity index (χ0) is 11.7. The van der Waals surface area contributed by atoms with Crippen LogP contribution in [0.5, 0.6) is 11.5 Å². The lowest BCUT2D eigenvalue weighted by Gasteiger charge is -2.06. The molecule has 4 nitrogen and oxygen atoms in total. The summed E-state index contributed by atoms with van der Waals surface area (Å²) in [4.78, 5) is 14.7. The van der Waals surface area contributed by atoms with Crippen LogP contribution in [0.4, 0.5) is 0 Å². The summed E-state index contributed by atoms with van der Waals surface area (Å²) in [5, 5.41) is 10.3. The number of carbonyl (C=O) groups is 1. The highest BCUT2D eigenvalue weighted by Crippen LogP contribution is 2.31. The molecule has 5 heteroatoms. The second-order valence-corrected chi connectivity index (χ2v) is 3.56. The Bertz CT molecular complexity index is 569. The topological polar surface area (TPSA) is 59.4 Å². The molecule has 1 N–H and O–H groups in total. The van der Waals surface area contributed by atoms with Gasteiger partial charge in [-0.05, 0) is 12.1 Å². The first-order valence-corrected chi connectivity index (χ1v) is 4.86. The first-order valence-electron chi connectivity index (χ1n) is 4.48. The lowest BCUT2D eigenvalue weighted by Crippen LogP contribution is -1.90. The smallest absolute Gasteiger partial charge is 0.162 e. The molecular formula is C11H8ClNO3. The van der Waals surface area contributed by atoms with E-state index in [-0.39, 0.29) is 10.9 Å². The molecule has 0 fully saturated rings. The summed E-state index contributed by atoms with van der Waals surface area (Å²) >= 11 is 5.79. The minimum Gasteiger partial charge on any atom is -0.504 e. The van der Waals surface area contributed by atoms with Gasteiger partial charge in [0.2, 0.25) is 0 Å². The van der Waals surface area contributed by atoms with Gasteiger partial charge in [-0.1, -0.05) is 11.6 Å². The van der Waals surface area contributed by atoms with Gasteiger partial charge in [-0.15, -0.1) is 0 Å². The van der Waals surface area contributed by atoms with Crippen molar-refractivity contribution < 1.29 is 14.6 Å². The molecule has 0 amide bonds. The fourth-order valence-corrected chi connectivity index (χ4v) is 1.62. The number of aldehydes is 1. The maximum absolute atomic E-state index is 10.7. The van der Waals surface area contributed by atoms with Crippen molar-refractivity contribution in [2.45, 2.75) is 0 Å². The van der Waals surface area contributed by atoms with Crippen LogP contribution in [-0.4, -0.2) is 23.5 Å². The third-order valence-corrected chi connectivity index (χ3v) is 2.53. The summed E-state index contributed by atoms with van der Waals surface area (Å²) in [5.74, 6) is 0.311. The summed E-state index contributed by atoms with van der Waals surface area (Å²) in [5.41, 5.74) is 0.851. The number of phenols is 1. The molecule has 1 aromatic heterocycles. The number of carbonyl (C=O) groups excluding carboxylic acids is 1. The summed E-state index contributed by atoms with van der Waals surface area (Å²) < 4.78 is 4.95. The van der Waals surface area contributed by atoms with E-state index in [4.69, 9.17) is 16.3 Å². The summed E-state index contributed by atoms with van der Waals surface area (Å²) in [7, 11) is 1.45. The molecule has 0 aliphatic carbocycles. The Balaban J connectivity index is 2.76. The van der Waals surface area contributed by atoms with Crippen LogP contribution in [0.1, 0.15) is 10.4 Å². The minimum atomic E-state index is -0.00373. The van der Waals surface area contributed by atoms with Crippen LogP contribution >= 0.6 is 11.6 Å². The van der Waals surface area contributed by atoms with Crippen molar-refractivity contribution in [3.63, 3.8) is 0 Å². The minimum absolute atomic E-state index is 0.00373. The molecule has 0 aliphatic rings. The second-order valence-electron chi connectivity index (χ2n) is 3.20. The molecule has 0 unspecified atom stereocenters. The number of pyridine rings is 1. The van der Waals surface area contributed by atoms with E-state index in [1.807, 2.05) is 0 Å². The van der Waals surface area contributed by atoms with Crippen LogP contribution < -0.4 is 4.74 Å². The van der Waals surface area contributed by atoms with Gasteiger partial charge in [-0.3, -0.25) is 4.79 Å². The van der Waals surface area contributed by atoms with Gasteiger partial charge in [0.25, 0.3) is 0 Å². The van der Waals surface area contributed by atoms with E-state index in [1.165, 1.54) is 13.2 Å². The molecule has 0 bridgehead atoms. The molecule has 0 radical (unpaired) electrons. The molecule has 82 valence electrons. The Morgan fingerprint density at radius 3 is 2.81 bits per heavy atom. The number of methoxy groups -OCH3 is 1. The van der Waals surface area contributed by atoms with Gasteiger partial charge in [0.1, 0.15) is 5.15 Å². The number of ether oxygens (including phenoxy) is 1. The molecule has 0 spiro atoms. The molecular weight excluding hydrogens is 230 g/mol. The van der Waals surface area contributed by atoms with Gasteiger partial charge < -0.3 is 9.84 Å². The van der Waals surface area contributed by atoms with Crippen molar-refractivity contribution in [1.82, 2.24) is 4.98 Å². The Kier molecular flexibility index (Phi) is 2.66. The number of hydrogen-bond acceptors (Lipinski definition) is 4. The highest BCUT2D eigenvalue weighted by molar-refractivity contribution is 6.32. The first-order chi connectivity index (χ1) is 7.65. The summed E-state index contributed by atoms with van der Waals surface area (Å²) in [6.07, 6.45) is 0.621. The molecule has 2 aromatic rings. The number of rotatable bonds is 2. The monoisotopic (exact) mass is 237 g/mol. The maximum Gasteiger partial charge on any atom is 0.162 e. The van der Waals surface area contributed by atoms with E-state index in [9.17, 15) is 9.90 Å². The zero-order valence-electron chi connectivity index (χ0n) is 8.40. The molecule has 16 heavy (non-hydrogen) atoms. The second kappa shape index (κ2) is 3.98. The highest BCUT2D eigenvalue weighted by Gasteiger charge is 2.08. The lowest BCUT2D eigenvalue weighted by molar-refractivity contribution is 0.112. The number of benzene rings is 1. The van der Waals surface area contributed by atoms with Crippen LogP contribution in [-0.2, 0) is 0 Å². The van der Waals surface area contributed by atoms with Gasteiger partial charge in [0.15, 0.2) is 17.8 Å². The average molecular weight is 238 g/mol. The van der Waals surface area contributed by atoms with Crippen molar-refractivity contribution in [2.24, 2.45) is 0 Å². The Morgan fingerprint density at radius 2 is 2.19 bits per heavy atom. The van der Waals surface area contributed by atoms with E-state index >= 15 is 0 Å². The molecule has 0 saturated heterocycles. The van der Waals surface area contributed by atoms with Crippen molar-refractivity contribution in [3.05, 3.63) is 28.9 Å². The fourth-order valence-electron chi connectivity index (χ4n) is 1.43. The van der Waals surface area contributed by atoms with Crippen LogP contribution in [0, 0.1) is 0 Å². The van der Waals surface area contributed by atoms with E-state index in [2.05, 4.69) is 4.98 Å². The van der Waals surface area contributed by atoms with Crippen molar-refractivity contribution >= 4 is 28.8 Å². The Hall–Kier alpha value is -1.81. The van der Waals surface area contributed by atoms with Crippen LogP contribution in [0.15, 0.2) is 18.2 Å². The first kappa shape index (κ1) is 10.7. The van der Waals surface area contributed by atoms with Crippen molar-refractivity contribution in [3.8, 4) is 11.5 Å². The van der Waals surface area contributed by atoms with E-state index in [1.54, 1.807) is 12.1 Å². The fraction of sp³-hybridized carbons (Fsp3) is 0.0909. The third kappa shape index (κ3) is 1.67. The summed E-state index contributed by atoms with van der Waals surface area (Å²) in [6.45, 7) is 0. The van der Waals surface area contributed by atoms with E-state index < -0.39 is 0 Å². The molecule has 2 rings (SSSR count). The molecule has 1 heterocycles. The van der Waals surface area contributed by atoms with Crippen LogP contribution in [0.2, 0.25) is 5.15 Å². The number of halogens is 1. The number of aromatic hydroxyl groups is 1. The average Bonchev–Trinajstić information content (AvgIpc) is 2.28. The third-order valence-electron chi connectivity index (χ3n) is 2.22. The van der Waals surface area contributed by atoms with Gasteiger partial charge >= 0.3 is 0 Å². The van der Waals surface area contributed by atoms with Crippen LogP contribution in [0.3, 0.4) is 0 Å². The van der Waals surface area contributed by atoms with E-state index in [0.717, 1.165) is 0 Å². The number of nitrogens with zero attached hydrogens (tertiary/aromatic N) is 1. The van der Waals surface area contributed by atoms with Gasteiger partial charge in [-0.25, -0.2) is 4.98 Å². The maximum atomic E-state index is 10.7. The predicted octanol–water partition coefficient (Wildman–Crippen LogP) is 2.41. The quantitative estimate of drug-likeness (QED) is 0.644. The standard InChI is InChI=1S/C11H8ClNO3/c1-16-10-4-8-6(3-9(10)15)2-7(5-14)11(12)13-8/h2-5,15H,1H3. The number of phenolic OH excluding ortho intramolecular Hbond substituents is 1. The molecule has 0 saturated carbocycles. The molecule has 0 atom stereocenters. The van der Waals surface area contributed by atoms with Gasteiger partial charge in [0, 0.05) is 11.5 Å². The van der Waals surface area contributed by atoms with Crippen molar-refractivity contribution in [1.29, 1.82) is 0 Å².